The number of ether oxygens (including phenoxy) is 4. The van der Waals surface area contributed by atoms with E-state index in [2.05, 4.69) is 19.7 Å². The molecule has 0 atom stereocenters. The number of hydrogen-bond acceptors (Lipinski definition) is 5. The normalized spacial score (nSPS) is 9.61. The summed E-state index contributed by atoms with van der Waals surface area (Å²) in [4.78, 5) is 12.0. The average Bonchev–Trinajstić information content (AvgIpc) is 2.56. The maximum absolute atomic E-state index is 12.0. The summed E-state index contributed by atoms with van der Waals surface area (Å²) in [6, 6.07) is 3.11. The molecule has 0 aliphatic carbocycles. The van der Waals surface area contributed by atoms with E-state index in [1.807, 2.05) is 0 Å². The van der Waals surface area contributed by atoms with Gasteiger partial charge in [-0.1, -0.05) is 38.0 Å². The Hall–Kier alpha value is -2.69. The second kappa shape index (κ2) is 10.1. The van der Waals surface area contributed by atoms with Gasteiger partial charge in [-0.25, -0.2) is 4.79 Å². The Morgan fingerprint density at radius 1 is 0.957 bits per heavy atom. The van der Waals surface area contributed by atoms with Gasteiger partial charge < -0.3 is 18.9 Å². The molecule has 0 spiro atoms. The smallest absolute Gasteiger partial charge is 0.338 e. The monoisotopic (exact) mass is 318 g/mol. The zero-order chi connectivity index (χ0) is 17.1. The number of carbonyl (C=O) groups excluding carboxylic acids is 1. The van der Waals surface area contributed by atoms with Crippen LogP contribution in [-0.4, -0.2) is 32.4 Å². The Balaban J connectivity index is 3.29. The lowest BCUT2D eigenvalue weighted by Crippen LogP contribution is -2.08. The maximum Gasteiger partial charge on any atom is 0.338 e. The fourth-order valence-electron chi connectivity index (χ4n) is 1.71. The molecule has 5 heteroatoms. The van der Waals surface area contributed by atoms with Gasteiger partial charge >= 0.3 is 5.97 Å². The first-order valence-electron chi connectivity index (χ1n) is 7.24. The van der Waals surface area contributed by atoms with Crippen LogP contribution in [0.15, 0.2) is 50.1 Å². The second-order valence-electron chi connectivity index (χ2n) is 4.32. The zero-order valence-corrected chi connectivity index (χ0v) is 13.4. The van der Waals surface area contributed by atoms with Crippen molar-refractivity contribution in [3.8, 4) is 17.2 Å². The summed E-state index contributed by atoms with van der Waals surface area (Å²) in [6.45, 7) is 13.6. The predicted octanol–water partition coefficient (Wildman–Crippen LogP) is 3.56. The highest BCUT2D eigenvalue weighted by Crippen LogP contribution is 2.39. The van der Waals surface area contributed by atoms with E-state index >= 15 is 0 Å². The van der Waals surface area contributed by atoms with Crippen molar-refractivity contribution in [2.24, 2.45) is 0 Å². The van der Waals surface area contributed by atoms with Crippen LogP contribution < -0.4 is 14.2 Å². The molecule has 0 N–H and O–H groups in total. The molecule has 0 unspecified atom stereocenters. The van der Waals surface area contributed by atoms with E-state index in [0.717, 1.165) is 0 Å². The van der Waals surface area contributed by atoms with Crippen LogP contribution in [0.25, 0.3) is 0 Å². The van der Waals surface area contributed by atoms with Crippen molar-refractivity contribution >= 4 is 5.97 Å². The van der Waals surface area contributed by atoms with Crippen molar-refractivity contribution in [1.29, 1.82) is 0 Å². The third-order valence-corrected chi connectivity index (χ3v) is 2.59. The Labute approximate surface area is 136 Å². The molecule has 0 aliphatic rings. The summed E-state index contributed by atoms with van der Waals surface area (Å²) in [6.07, 6.45) is 4.80. The first-order chi connectivity index (χ1) is 11.2. The van der Waals surface area contributed by atoms with Crippen LogP contribution in [0.3, 0.4) is 0 Å². The highest BCUT2D eigenvalue weighted by molar-refractivity contribution is 5.91. The molecule has 0 amide bonds. The molecule has 1 aromatic carbocycles. The summed E-state index contributed by atoms with van der Waals surface area (Å²) >= 11 is 0. The van der Waals surface area contributed by atoms with Crippen LogP contribution in [0.4, 0.5) is 0 Å². The van der Waals surface area contributed by atoms with Crippen molar-refractivity contribution in [3.05, 3.63) is 55.7 Å². The molecule has 0 saturated heterocycles. The van der Waals surface area contributed by atoms with E-state index in [4.69, 9.17) is 18.9 Å². The van der Waals surface area contributed by atoms with Gasteiger partial charge in [-0.05, 0) is 19.1 Å². The SMILES string of the molecule is C=CCOc1cc(C(=O)OCC)cc(OCC=C)c1OCC=C. The lowest BCUT2D eigenvalue weighted by atomic mass is 10.2. The highest BCUT2D eigenvalue weighted by Gasteiger charge is 2.19. The quantitative estimate of drug-likeness (QED) is 0.461. The third kappa shape index (κ3) is 5.54. The van der Waals surface area contributed by atoms with E-state index in [0.29, 0.717) is 22.8 Å². The van der Waals surface area contributed by atoms with Gasteiger partial charge in [0.1, 0.15) is 19.8 Å². The van der Waals surface area contributed by atoms with Crippen LogP contribution in [0.1, 0.15) is 17.3 Å². The molecule has 23 heavy (non-hydrogen) atoms. The highest BCUT2D eigenvalue weighted by atomic mass is 16.5. The molecule has 0 radical (unpaired) electrons. The standard InChI is InChI=1S/C18H22O5/c1-5-9-21-15-12-14(18(19)20-8-4)13-16(22-10-6-2)17(15)23-11-7-3/h5-7,12-13H,1-3,8-11H2,4H3. The van der Waals surface area contributed by atoms with E-state index in [1.165, 1.54) is 0 Å². The van der Waals surface area contributed by atoms with Crippen LogP contribution >= 0.6 is 0 Å². The van der Waals surface area contributed by atoms with Crippen LogP contribution in [0, 0.1) is 0 Å². The third-order valence-electron chi connectivity index (χ3n) is 2.59. The molecule has 1 aromatic rings. The summed E-state index contributed by atoms with van der Waals surface area (Å²) in [5, 5.41) is 0. The van der Waals surface area contributed by atoms with Gasteiger partial charge in [0.15, 0.2) is 11.5 Å². The second-order valence-corrected chi connectivity index (χ2v) is 4.32. The van der Waals surface area contributed by atoms with Crippen LogP contribution in [-0.2, 0) is 4.74 Å². The van der Waals surface area contributed by atoms with Crippen molar-refractivity contribution in [2.75, 3.05) is 26.4 Å². The molecule has 0 aliphatic heterocycles. The lowest BCUT2D eigenvalue weighted by Gasteiger charge is -2.17. The molecule has 0 heterocycles. The van der Waals surface area contributed by atoms with Crippen molar-refractivity contribution in [3.63, 3.8) is 0 Å². The number of hydrogen-bond donors (Lipinski definition) is 0. The van der Waals surface area contributed by atoms with Crippen molar-refractivity contribution < 1.29 is 23.7 Å². The van der Waals surface area contributed by atoms with E-state index in [9.17, 15) is 4.79 Å². The number of esters is 1. The summed E-state index contributed by atoms with van der Waals surface area (Å²) in [7, 11) is 0. The van der Waals surface area contributed by atoms with Gasteiger partial charge in [-0.15, -0.1) is 0 Å². The average molecular weight is 318 g/mol. The Bertz CT molecular complexity index is 530. The van der Waals surface area contributed by atoms with Gasteiger partial charge in [0.25, 0.3) is 0 Å². The fraction of sp³-hybridized carbons (Fsp3) is 0.278. The van der Waals surface area contributed by atoms with Crippen molar-refractivity contribution in [1.82, 2.24) is 0 Å². The maximum atomic E-state index is 12.0. The van der Waals surface area contributed by atoms with Gasteiger partial charge in [0, 0.05) is 0 Å². The number of benzene rings is 1. The first kappa shape index (κ1) is 18.4. The van der Waals surface area contributed by atoms with Gasteiger partial charge in [-0.2, -0.15) is 0 Å². The lowest BCUT2D eigenvalue weighted by molar-refractivity contribution is 0.0525. The van der Waals surface area contributed by atoms with Gasteiger partial charge in [0.05, 0.1) is 12.2 Å². The van der Waals surface area contributed by atoms with Gasteiger partial charge in [0.2, 0.25) is 5.75 Å². The molecule has 0 aromatic heterocycles. The first-order valence-corrected chi connectivity index (χ1v) is 7.24. The summed E-state index contributed by atoms with van der Waals surface area (Å²) in [5.74, 6) is 0.670. The molecule has 0 bridgehead atoms. The Kier molecular flexibility index (Phi) is 8.07. The molecule has 1 rings (SSSR count). The molecular weight excluding hydrogens is 296 g/mol. The number of rotatable bonds is 11. The molecule has 5 nitrogen and oxygen atoms in total. The largest absolute Gasteiger partial charge is 0.485 e. The predicted molar refractivity (Wildman–Crippen MR) is 89.5 cm³/mol. The minimum absolute atomic E-state index is 0.262. The zero-order valence-electron chi connectivity index (χ0n) is 13.4. The van der Waals surface area contributed by atoms with E-state index in [1.54, 1.807) is 37.3 Å². The Morgan fingerprint density at radius 3 is 1.87 bits per heavy atom. The van der Waals surface area contributed by atoms with E-state index < -0.39 is 5.97 Å². The van der Waals surface area contributed by atoms with Crippen molar-refractivity contribution in [2.45, 2.75) is 6.92 Å². The summed E-state index contributed by atoms with van der Waals surface area (Å²) < 4.78 is 21.8. The van der Waals surface area contributed by atoms with Crippen LogP contribution in [0.2, 0.25) is 0 Å². The van der Waals surface area contributed by atoms with E-state index in [-0.39, 0.29) is 26.4 Å². The van der Waals surface area contributed by atoms with Gasteiger partial charge in [-0.3, -0.25) is 0 Å². The number of carbonyl (C=O) groups is 1. The minimum Gasteiger partial charge on any atom is -0.485 e. The molecule has 0 fully saturated rings. The minimum atomic E-state index is -0.463. The summed E-state index contributed by atoms with van der Waals surface area (Å²) in [5.41, 5.74) is 0.316. The molecule has 124 valence electrons. The topological polar surface area (TPSA) is 54.0 Å². The fourth-order valence-corrected chi connectivity index (χ4v) is 1.71. The molecular formula is C18H22O5. The Morgan fingerprint density at radius 2 is 1.43 bits per heavy atom. The van der Waals surface area contributed by atoms with Crippen LogP contribution in [0.5, 0.6) is 17.2 Å². The molecule has 0 saturated carbocycles.